The lowest BCUT2D eigenvalue weighted by molar-refractivity contribution is -0.141. The minimum Gasteiger partial charge on any atom is -0.343 e. The zero-order valence-corrected chi connectivity index (χ0v) is 19.6. The fourth-order valence-corrected chi connectivity index (χ4v) is 5.10. The molecule has 1 aromatic rings. The molecule has 2 aliphatic rings. The molecule has 32 heavy (non-hydrogen) atoms. The number of hydrogen-bond acceptors (Lipinski definition) is 6. The smallest absolute Gasteiger partial charge is 0.240 e. The molecule has 0 spiro atoms. The van der Waals surface area contributed by atoms with Crippen LogP contribution in [0, 0.1) is 5.92 Å². The number of ketones is 1. The van der Waals surface area contributed by atoms with Gasteiger partial charge in [-0.25, -0.2) is 13.1 Å². The standard InChI is InChI=1S/C22H32N4O5S/c1-17(27)18-3-5-20(6-4-18)32(30,31)23-10-7-21(28)25-11-8-19(9-12-25)22(29)26-15-13-24(2)14-16-26/h3-6,19,23H,7-16H2,1-2H3. The highest BCUT2D eigenvalue weighted by Crippen LogP contribution is 2.21. The van der Waals surface area contributed by atoms with E-state index in [1.807, 2.05) is 4.90 Å². The quantitative estimate of drug-likeness (QED) is 0.592. The van der Waals surface area contributed by atoms with Crippen LogP contribution in [0.5, 0.6) is 0 Å². The van der Waals surface area contributed by atoms with Crippen LogP contribution in [0.4, 0.5) is 0 Å². The molecule has 0 aliphatic carbocycles. The van der Waals surface area contributed by atoms with Crippen LogP contribution < -0.4 is 4.72 Å². The van der Waals surface area contributed by atoms with E-state index in [0.717, 1.165) is 26.2 Å². The van der Waals surface area contributed by atoms with Crippen LogP contribution >= 0.6 is 0 Å². The Morgan fingerprint density at radius 3 is 2.09 bits per heavy atom. The number of carbonyl (C=O) groups is 3. The first-order chi connectivity index (χ1) is 15.2. The fraction of sp³-hybridized carbons (Fsp3) is 0.591. The Labute approximate surface area is 189 Å². The monoisotopic (exact) mass is 464 g/mol. The summed E-state index contributed by atoms with van der Waals surface area (Å²) in [5, 5.41) is 0. The van der Waals surface area contributed by atoms with Crippen molar-refractivity contribution in [3.63, 3.8) is 0 Å². The van der Waals surface area contributed by atoms with Gasteiger partial charge in [0.1, 0.15) is 0 Å². The molecule has 2 amide bonds. The minimum atomic E-state index is -3.75. The first-order valence-electron chi connectivity index (χ1n) is 11.0. The lowest BCUT2D eigenvalue weighted by Gasteiger charge is -2.37. The third-order valence-corrected chi connectivity index (χ3v) is 7.69. The van der Waals surface area contributed by atoms with E-state index in [0.29, 0.717) is 31.5 Å². The van der Waals surface area contributed by atoms with Gasteiger partial charge in [-0.2, -0.15) is 0 Å². The summed E-state index contributed by atoms with van der Waals surface area (Å²) in [6.45, 7) is 5.73. The number of amides is 2. The third-order valence-electron chi connectivity index (χ3n) is 6.21. The van der Waals surface area contributed by atoms with Crippen molar-refractivity contribution in [2.75, 3.05) is 52.9 Å². The second-order valence-corrected chi connectivity index (χ2v) is 10.3. The second kappa shape index (κ2) is 10.5. The van der Waals surface area contributed by atoms with Crippen molar-refractivity contribution in [3.8, 4) is 0 Å². The summed E-state index contributed by atoms with van der Waals surface area (Å²) in [6, 6.07) is 5.69. The Hall–Kier alpha value is -2.30. The molecular weight excluding hydrogens is 432 g/mol. The Morgan fingerprint density at radius 1 is 0.938 bits per heavy atom. The number of likely N-dealkylation sites (tertiary alicyclic amines) is 1. The van der Waals surface area contributed by atoms with Crippen molar-refractivity contribution >= 4 is 27.6 Å². The van der Waals surface area contributed by atoms with Gasteiger partial charge in [0, 0.05) is 63.7 Å². The van der Waals surface area contributed by atoms with E-state index in [2.05, 4.69) is 16.7 Å². The molecule has 176 valence electrons. The number of nitrogens with zero attached hydrogens (tertiary/aromatic N) is 3. The number of rotatable bonds is 7. The number of Topliss-reactive ketones (excluding diaryl/α,β-unsaturated/α-hetero) is 1. The van der Waals surface area contributed by atoms with Gasteiger partial charge in [-0.3, -0.25) is 14.4 Å². The number of likely N-dealkylation sites (N-methyl/N-ethyl adjacent to an activating group) is 1. The Morgan fingerprint density at radius 2 is 1.53 bits per heavy atom. The number of carbonyl (C=O) groups excluding carboxylic acids is 3. The van der Waals surface area contributed by atoms with Crippen molar-refractivity contribution in [2.24, 2.45) is 5.92 Å². The van der Waals surface area contributed by atoms with Crippen molar-refractivity contribution in [2.45, 2.75) is 31.1 Å². The molecule has 1 N–H and O–H groups in total. The summed E-state index contributed by atoms with van der Waals surface area (Å²) >= 11 is 0. The second-order valence-electron chi connectivity index (χ2n) is 8.51. The summed E-state index contributed by atoms with van der Waals surface area (Å²) in [7, 11) is -1.70. The maximum Gasteiger partial charge on any atom is 0.240 e. The Bertz CT molecular complexity index is 932. The van der Waals surface area contributed by atoms with Gasteiger partial charge < -0.3 is 14.7 Å². The van der Waals surface area contributed by atoms with Gasteiger partial charge in [0.05, 0.1) is 4.90 Å². The lowest BCUT2D eigenvalue weighted by Crippen LogP contribution is -2.51. The van der Waals surface area contributed by atoms with Crippen LogP contribution in [-0.2, 0) is 19.6 Å². The van der Waals surface area contributed by atoms with Gasteiger partial charge in [-0.1, -0.05) is 12.1 Å². The fourth-order valence-electron chi connectivity index (χ4n) is 4.06. The average molecular weight is 465 g/mol. The molecular formula is C22H32N4O5S. The first-order valence-corrected chi connectivity index (χ1v) is 12.5. The molecule has 2 heterocycles. The summed E-state index contributed by atoms with van der Waals surface area (Å²) < 4.78 is 27.2. The topological polar surface area (TPSA) is 107 Å². The van der Waals surface area contributed by atoms with E-state index in [9.17, 15) is 22.8 Å². The number of benzene rings is 1. The van der Waals surface area contributed by atoms with Gasteiger partial charge in [0.2, 0.25) is 21.8 Å². The van der Waals surface area contributed by atoms with Crippen molar-refractivity contribution in [3.05, 3.63) is 29.8 Å². The predicted octanol–water partition coefficient (Wildman–Crippen LogP) is 0.570. The highest BCUT2D eigenvalue weighted by molar-refractivity contribution is 7.89. The van der Waals surface area contributed by atoms with E-state index in [1.165, 1.54) is 31.2 Å². The van der Waals surface area contributed by atoms with E-state index in [1.54, 1.807) is 4.90 Å². The Kier molecular flexibility index (Phi) is 8.02. The van der Waals surface area contributed by atoms with Crippen LogP contribution in [0.25, 0.3) is 0 Å². The molecule has 2 fully saturated rings. The van der Waals surface area contributed by atoms with Gasteiger partial charge in [-0.15, -0.1) is 0 Å². The van der Waals surface area contributed by atoms with Crippen LogP contribution in [0.1, 0.15) is 36.5 Å². The van der Waals surface area contributed by atoms with Crippen LogP contribution in [0.3, 0.4) is 0 Å². The van der Waals surface area contributed by atoms with Crippen molar-refractivity contribution < 1.29 is 22.8 Å². The summed E-state index contributed by atoms with van der Waals surface area (Å²) in [5.41, 5.74) is 0.439. The van der Waals surface area contributed by atoms with Gasteiger partial charge in [-0.05, 0) is 38.9 Å². The molecule has 1 aromatic carbocycles. The van der Waals surface area contributed by atoms with E-state index in [-0.39, 0.29) is 41.4 Å². The molecule has 0 atom stereocenters. The zero-order chi connectivity index (χ0) is 23.3. The highest BCUT2D eigenvalue weighted by Gasteiger charge is 2.31. The van der Waals surface area contributed by atoms with Crippen molar-refractivity contribution in [1.82, 2.24) is 19.4 Å². The zero-order valence-electron chi connectivity index (χ0n) is 18.7. The summed E-state index contributed by atoms with van der Waals surface area (Å²) in [6.07, 6.45) is 1.35. The van der Waals surface area contributed by atoms with Crippen LogP contribution in [0.2, 0.25) is 0 Å². The molecule has 2 saturated heterocycles. The molecule has 2 aliphatic heterocycles. The van der Waals surface area contributed by atoms with E-state index < -0.39 is 10.0 Å². The maximum atomic E-state index is 12.7. The van der Waals surface area contributed by atoms with Gasteiger partial charge >= 0.3 is 0 Å². The average Bonchev–Trinajstić information content (AvgIpc) is 2.79. The highest BCUT2D eigenvalue weighted by atomic mass is 32.2. The van der Waals surface area contributed by atoms with Crippen LogP contribution in [0.15, 0.2) is 29.2 Å². The summed E-state index contributed by atoms with van der Waals surface area (Å²) in [5.74, 6) is -0.112. The number of sulfonamides is 1. The van der Waals surface area contributed by atoms with Crippen molar-refractivity contribution in [1.29, 1.82) is 0 Å². The number of piperazine rings is 1. The van der Waals surface area contributed by atoms with Crippen LogP contribution in [-0.4, -0.2) is 93.6 Å². The van der Waals surface area contributed by atoms with Gasteiger partial charge in [0.15, 0.2) is 5.78 Å². The molecule has 10 heteroatoms. The number of hydrogen-bond donors (Lipinski definition) is 1. The molecule has 0 aromatic heterocycles. The first kappa shape index (κ1) is 24.3. The number of nitrogens with one attached hydrogen (secondary N) is 1. The molecule has 9 nitrogen and oxygen atoms in total. The van der Waals surface area contributed by atoms with Gasteiger partial charge in [0.25, 0.3) is 0 Å². The predicted molar refractivity (Wildman–Crippen MR) is 120 cm³/mol. The van der Waals surface area contributed by atoms with E-state index >= 15 is 0 Å². The largest absolute Gasteiger partial charge is 0.343 e. The lowest BCUT2D eigenvalue weighted by atomic mass is 9.94. The molecule has 0 bridgehead atoms. The SMILES string of the molecule is CC(=O)c1ccc(S(=O)(=O)NCCC(=O)N2CCC(C(=O)N3CCN(C)CC3)CC2)cc1. The normalized spacial score (nSPS) is 18.6. The Balaban J connectivity index is 1.42. The molecule has 0 unspecified atom stereocenters. The molecule has 3 rings (SSSR count). The molecule has 0 saturated carbocycles. The van der Waals surface area contributed by atoms with E-state index in [4.69, 9.17) is 0 Å². The summed E-state index contributed by atoms with van der Waals surface area (Å²) in [4.78, 5) is 42.5. The molecule has 0 radical (unpaired) electrons. The maximum absolute atomic E-state index is 12.7. The number of piperidine rings is 1. The minimum absolute atomic E-state index is 0.00419. The third kappa shape index (κ3) is 6.14.